The molecule has 0 saturated heterocycles. The van der Waals surface area contributed by atoms with Gasteiger partial charge in [0.2, 0.25) is 0 Å². The molecule has 94 valence electrons. The summed E-state index contributed by atoms with van der Waals surface area (Å²) in [5.41, 5.74) is 11.5. The highest BCUT2D eigenvalue weighted by Crippen LogP contribution is 2.35. The molecule has 1 aromatic carbocycles. The van der Waals surface area contributed by atoms with Crippen molar-refractivity contribution in [2.75, 3.05) is 5.73 Å². The van der Waals surface area contributed by atoms with Crippen molar-refractivity contribution >= 4 is 5.69 Å². The molecule has 3 heteroatoms. The van der Waals surface area contributed by atoms with Crippen molar-refractivity contribution in [3.63, 3.8) is 0 Å². The molecule has 1 heterocycles. The summed E-state index contributed by atoms with van der Waals surface area (Å²) in [4.78, 5) is 0. The number of nitrogens with two attached hydrogens (primary N) is 1. The fraction of sp³-hybridized carbons (Fsp3) is 0.400. The van der Waals surface area contributed by atoms with Crippen LogP contribution in [0.5, 0.6) is 0 Å². The number of aromatic nitrogens is 1. The fourth-order valence-electron chi connectivity index (χ4n) is 2.66. The zero-order valence-corrected chi connectivity index (χ0v) is 10.7. The summed E-state index contributed by atoms with van der Waals surface area (Å²) in [6, 6.07) is 6.06. The maximum Gasteiger partial charge on any atom is 0.140 e. The van der Waals surface area contributed by atoms with Crippen molar-refractivity contribution in [1.29, 1.82) is 0 Å². The Balaban J connectivity index is 2.01. The maximum atomic E-state index is 5.83. The molecule has 2 aromatic rings. The molecule has 0 unspecified atom stereocenters. The van der Waals surface area contributed by atoms with Gasteiger partial charge in [-0.05, 0) is 37.0 Å². The second kappa shape index (κ2) is 4.48. The quantitative estimate of drug-likeness (QED) is 0.839. The third-order valence-electron chi connectivity index (χ3n) is 3.66. The fourth-order valence-corrected chi connectivity index (χ4v) is 2.66. The van der Waals surface area contributed by atoms with Gasteiger partial charge in [-0.25, -0.2) is 0 Å². The van der Waals surface area contributed by atoms with E-state index in [1.807, 2.05) is 6.07 Å². The van der Waals surface area contributed by atoms with Gasteiger partial charge in [0.1, 0.15) is 11.5 Å². The first-order chi connectivity index (χ1) is 8.79. The van der Waals surface area contributed by atoms with Gasteiger partial charge in [0.05, 0.1) is 0 Å². The van der Waals surface area contributed by atoms with Gasteiger partial charge in [-0.1, -0.05) is 24.6 Å². The Morgan fingerprint density at radius 3 is 3.06 bits per heavy atom. The van der Waals surface area contributed by atoms with Gasteiger partial charge in [-0.2, -0.15) is 0 Å². The van der Waals surface area contributed by atoms with Gasteiger partial charge in [-0.3, -0.25) is 0 Å². The van der Waals surface area contributed by atoms with Gasteiger partial charge in [-0.15, -0.1) is 0 Å². The molecule has 0 bridgehead atoms. The van der Waals surface area contributed by atoms with E-state index in [0.717, 1.165) is 42.8 Å². The number of unbranched alkanes of at least 4 members (excludes halogenated alkanes) is 1. The largest absolute Gasteiger partial charge is 0.399 e. The van der Waals surface area contributed by atoms with Crippen LogP contribution in [-0.4, -0.2) is 5.16 Å². The molecule has 1 aliphatic rings. The van der Waals surface area contributed by atoms with Crippen molar-refractivity contribution in [1.82, 2.24) is 5.16 Å². The zero-order valence-electron chi connectivity index (χ0n) is 10.7. The number of benzene rings is 1. The highest BCUT2D eigenvalue weighted by atomic mass is 16.5. The van der Waals surface area contributed by atoms with Crippen LogP contribution in [-0.2, 0) is 19.3 Å². The second-order valence-corrected chi connectivity index (χ2v) is 4.95. The average Bonchev–Trinajstić information content (AvgIpc) is 2.79. The summed E-state index contributed by atoms with van der Waals surface area (Å²) >= 11 is 0. The first-order valence-corrected chi connectivity index (χ1v) is 6.65. The number of hydrogen-bond donors (Lipinski definition) is 1. The summed E-state index contributed by atoms with van der Waals surface area (Å²) in [6.45, 7) is 2.20. The van der Waals surface area contributed by atoms with Crippen LogP contribution in [0.1, 0.15) is 36.7 Å². The standard InChI is InChI=1S/C15H18N2O/c1-2-3-4-14-13-7-5-10-9-11(16)6-8-12(10)15(13)17-18-14/h6,8-9H,2-5,7,16H2,1H3. The number of aryl methyl sites for hydroxylation is 2. The third kappa shape index (κ3) is 1.80. The van der Waals surface area contributed by atoms with E-state index in [2.05, 4.69) is 24.2 Å². The lowest BCUT2D eigenvalue weighted by Gasteiger charge is -2.15. The van der Waals surface area contributed by atoms with Crippen LogP contribution in [0.15, 0.2) is 22.7 Å². The van der Waals surface area contributed by atoms with Gasteiger partial charge < -0.3 is 10.3 Å². The lowest BCUT2D eigenvalue weighted by molar-refractivity contribution is 0.380. The van der Waals surface area contributed by atoms with Crippen molar-refractivity contribution in [3.05, 3.63) is 35.1 Å². The van der Waals surface area contributed by atoms with Gasteiger partial charge in [0.15, 0.2) is 0 Å². The van der Waals surface area contributed by atoms with Crippen molar-refractivity contribution < 1.29 is 4.52 Å². The van der Waals surface area contributed by atoms with Gasteiger partial charge in [0.25, 0.3) is 0 Å². The Morgan fingerprint density at radius 1 is 1.33 bits per heavy atom. The van der Waals surface area contributed by atoms with E-state index in [-0.39, 0.29) is 0 Å². The Morgan fingerprint density at radius 2 is 2.22 bits per heavy atom. The molecule has 0 amide bonds. The van der Waals surface area contributed by atoms with E-state index >= 15 is 0 Å². The number of nitrogens with zero attached hydrogens (tertiary/aromatic N) is 1. The second-order valence-electron chi connectivity index (χ2n) is 4.95. The molecule has 3 rings (SSSR count). The zero-order chi connectivity index (χ0) is 12.5. The number of fused-ring (bicyclic) bond motifs is 3. The Bertz CT molecular complexity index is 572. The number of hydrogen-bond acceptors (Lipinski definition) is 3. The lowest BCUT2D eigenvalue weighted by atomic mass is 9.88. The van der Waals surface area contributed by atoms with E-state index in [1.54, 1.807) is 0 Å². The summed E-state index contributed by atoms with van der Waals surface area (Å²) in [6.07, 6.45) is 5.41. The van der Waals surface area contributed by atoms with Crippen LogP contribution in [0, 0.1) is 0 Å². The highest BCUT2D eigenvalue weighted by Gasteiger charge is 2.23. The SMILES string of the molecule is CCCCc1onc2c1CCc1cc(N)ccc1-2. The average molecular weight is 242 g/mol. The molecule has 1 aromatic heterocycles. The molecule has 0 atom stereocenters. The molecule has 18 heavy (non-hydrogen) atoms. The predicted molar refractivity (Wildman–Crippen MR) is 72.4 cm³/mol. The predicted octanol–water partition coefficient (Wildman–Crippen LogP) is 3.37. The van der Waals surface area contributed by atoms with Crippen molar-refractivity contribution in [2.24, 2.45) is 0 Å². The van der Waals surface area contributed by atoms with Crippen LogP contribution in [0.4, 0.5) is 5.69 Å². The van der Waals surface area contributed by atoms with Crippen LogP contribution in [0.3, 0.4) is 0 Å². The van der Waals surface area contributed by atoms with Crippen LogP contribution in [0.25, 0.3) is 11.3 Å². The van der Waals surface area contributed by atoms with Gasteiger partial charge >= 0.3 is 0 Å². The molecule has 0 radical (unpaired) electrons. The van der Waals surface area contributed by atoms with E-state index in [1.165, 1.54) is 23.1 Å². The number of rotatable bonds is 3. The van der Waals surface area contributed by atoms with Crippen molar-refractivity contribution in [3.8, 4) is 11.3 Å². The Labute approximate surface area is 107 Å². The summed E-state index contributed by atoms with van der Waals surface area (Å²) in [5.74, 6) is 1.08. The molecule has 0 fully saturated rings. The molecule has 0 spiro atoms. The molecule has 0 aliphatic heterocycles. The molecular weight excluding hydrogens is 224 g/mol. The number of nitrogen functional groups attached to an aromatic ring is 1. The maximum absolute atomic E-state index is 5.83. The third-order valence-corrected chi connectivity index (χ3v) is 3.66. The summed E-state index contributed by atoms with van der Waals surface area (Å²) in [5, 5.41) is 4.26. The number of anilines is 1. The summed E-state index contributed by atoms with van der Waals surface area (Å²) in [7, 11) is 0. The van der Waals surface area contributed by atoms with Gasteiger partial charge in [0, 0.05) is 23.2 Å². The Kier molecular flexibility index (Phi) is 2.82. The minimum Gasteiger partial charge on any atom is -0.399 e. The Hall–Kier alpha value is -1.77. The smallest absolute Gasteiger partial charge is 0.140 e. The topological polar surface area (TPSA) is 52.0 Å². The van der Waals surface area contributed by atoms with Crippen molar-refractivity contribution in [2.45, 2.75) is 39.0 Å². The van der Waals surface area contributed by atoms with E-state index in [4.69, 9.17) is 10.3 Å². The van der Waals surface area contributed by atoms with Crippen LogP contribution < -0.4 is 5.73 Å². The summed E-state index contributed by atoms with van der Waals surface area (Å²) < 4.78 is 5.53. The lowest BCUT2D eigenvalue weighted by Crippen LogP contribution is -2.05. The normalized spacial score (nSPS) is 13.2. The van der Waals surface area contributed by atoms with E-state index in [0.29, 0.717) is 0 Å². The minimum absolute atomic E-state index is 0.826. The molecule has 0 saturated carbocycles. The molecule has 3 nitrogen and oxygen atoms in total. The first-order valence-electron chi connectivity index (χ1n) is 6.65. The van der Waals surface area contributed by atoms with E-state index < -0.39 is 0 Å². The molecular formula is C15H18N2O. The molecule has 1 aliphatic carbocycles. The molecule has 2 N–H and O–H groups in total. The van der Waals surface area contributed by atoms with Crippen LogP contribution in [0.2, 0.25) is 0 Å². The van der Waals surface area contributed by atoms with Crippen LogP contribution >= 0.6 is 0 Å². The van der Waals surface area contributed by atoms with E-state index in [9.17, 15) is 0 Å². The highest BCUT2D eigenvalue weighted by molar-refractivity contribution is 5.72. The first kappa shape index (κ1) is 11.3. The minimum atomic E-state index is 0.826. The monoisotopic (exact) mass is 242 g/mol.